The lowest BCUT2D eigenvalue weighted by Gasteiger charge is -2.07. The predicted molar refractivity (Wildman–Crippen MR) is 71.7 cm³/mol. The average molecular weight is 267 g/mol. The van der Waals surface area contributed by atoms with Crippen LogP contribution < -0.4 is 5.32 Å². The van der Waals surface area contributed by atoms with Gasteiger partial charge < -0.3 is 10.1 Å². The molecule has 1 aromatic carbocycles. The van der Waals surface area contributed by atoms with E-state index in [1.165, 1.54) is 18.9 Å². The van der Waals surface area contributed by atoms with Gasteiger partial charge in [0.25, 0.3) is 0 Å². The highest BCUT2D eigenvalue weighted by Crippen LogP contribution is 2.23. The molecule has 1 N–H and O–H groups in total. The minimum atomic E-state index is -0.444. The zero-order chi connectivity index (χ0) is 13.5. The molecule has 0 fully saturated rings. The van der Waals surface area contributed by atoms with Crippen molar-refractivity contribution in [2.24, 2.45) is 0 Å². The van der Waals surface area contributed by atoms with Crippen LogP contribution in [-0.2, 0) is 14.3 Å². The molecule has 0 bridgehead atoms. The van der Waals surface area contributed by atoms with E-state index in [-0.39, 0.29) is 12.5 Å². The van der Waals surface area contributed by atoms with Gasteiger partial charge in [0.15, 0.2) is 0 Å². The van der Waals surface area contributed by atoms with Crippen molar-refractivity contribution in [1.29, 1.82) is 0 Å². The SMILES string of the molecule is COC(=O)CNC(=O)CSc1cc(C)ccc1C. The lowest BCUT2D eigenvalue weighted by atomic mass is 10.2. The maximum absolute atomic E-state index is 11.5. The number of hydrogen-bond acceptors (Lipinski definition) is 4. The van der Waals surface area contributed by atoms with Gasteiger partial charge in [-0.05, 0) is 25.5 Å². The molecule has 18 heavy (non-hydrogen) atoms. The summed E-state index contributed by atoms with van der Waals surface area (Å²) in [7, 11) is 1.29. The molecule has 0 radical (unpaired) electrons. The van der Waals surface area contributed by atoms with Crippen molar-refractivity contribution in [3.8, 4) is 0 Å². The van der Waals surface area contributed by atoms with E-state index in [0.29, 0.717) is 5.75 Å². The number of rotatable bonds is 5. The van der Waals surface area contributed by atoms with Gasteiger partial charge in [0.1, 0.15) is 6.54 Å². The largest absolute Gasteiger partial charge is 0.468 e. The summed E-state index contributed by atoms with van der Waals surface area (Å²) in [4.78, 5) is 23.4. The van der Waals surface area contributed by atoms with Crippen LogP contribution in [0.5, 0.6) is 0 Å². The minimum absolute atomic E-state index is 0.0807. The first-order chi connectivity index (χ1) is 8.52. The third-order valence-electron chi connectivity index (χ3n) is 2.36. The molecule has 0 aliphatic heterocycles. The zero-order valence-electron chi connectivity index (χ0n) is 10.8. The predicted octanol–water partition coefficient (Wildman–Crippen LogP) is 1.68. The Hall–Kier alpha value is -1.49. The average Bonchev–Trinajstić information content (AvgIpc) is 2.36. The number of nitrogens with one attached hydrogen (secondary N) is 1. The molecular formula is C13H17NO3S. The van der Waals surface area contributed by atoms with Crippen LogP contribution in [0.2, 0.25) is 0 Å². The lowest BCUT2D eigenvalue weighted by Crippen LogP contribution is -2.31. The van der Waals surface area contributed by atoms with Crippen molar-refractivity contribution in [3.05, 3.63) is 29.3 Å². The Morgan fingerprint density at radius 3 is 2.72 bits per heavy atom. The summed E-state index contributed by atoms with van der Waals surface area (Å²) in [5.74, 6) is -0.326. The van der Waals surface area contributed by atoms with Crippen LogP contribution in [0, 0.1) is 13.8 Å². The number of ether oxygens (including phenoxy) is 1. The maximum atomic E-state index is 11.5. The van der Waals surface area contributed by atoms with E-state index in [1.807, 2.05) is 32.0 Å². The second kappa shape index (κ2) is 7.06. The molecule has 0 unspecified atom stereocenters. The number of benzene rings is 1. The van der Waals surface area contributed by atoms with Crippen molar-refractivity contribution in [2.45, 2.75) is 18.7 Å². The van der Waals surface area contributed by atoms with Gasteiger partial charge in [0, 0.05) is 4.90 Å². The molecule has 0 heterocycles. The second-order valence-electron chi connectivity index (χ2n) is 3.91. The maximum Gasteiger partial charge on any atom is 0.325 e. The van der Waals surface area contributed by atoms with E-state index in [1.54, 1.807) is 0 Å². The quantitative estimate of drug-likeness (QED) is 0.651. The Kier molecular flexibility index (Phi) is 5.71. The Morgan fingerprint density at radius 1 is 1.33 bits per heavy atom. The summed E-state index contributed by atoms with van der Waals surface area (Å²) in [5.41, 5.74) is 2.31. The summed E-state index contributed by atoms with van der Waals surface area (Å²) in [6.45, 7) is 3.94. The van der Waals surface area contributed by atoms with Crippen molar-refractivity contribution >= 4 is 23.6 Å². The van der Waals surface area contributed by atoms with E-state index < -0.39 is 5.97 Å². The molecule has 1 rings (SSSR count). The van der Waals surface area contributed by atoms with E-state index >= 15 is 0 Å². The van der Waals surface area contributed by atoms with Crippen LogP contribution in [0.4, 0.5) is 0 Å². The van der Waals surface area contributed by atoms with Crippen LogP contribution >= 0.6 is 11.8 Å². The van der Waals surface area contributed by atoms with Crippen LogP contribution in [0.25, 0.3) is 0 Å². The number of thioether (sulfide) groups is 1. The zero-order valence-corrected chi connectivity index (χ0v) is 11.6. The number of aryl methyl sites for hydroxylation is 2. The molecule has 98 valence electrons. The number of hydrogen-bond donors (Lipinski definition) is 1. The molecule has 0 aliphatic carbocycles. The van der Waals surface area contributed by atoms with Crippen LogP contribution in [0.1, 0.15) is 11.1 Å². The Balaban J connectivity index is 2.42. The molecule has 0 spiro atoms. The number of carbonyl (C=O) groups excluding carboxylic acids is 2. The van der Waals surface area contributed by atoms with E-state index in [4.69, 9.17) is 0 Å². The third-order valence-corrected chi connectivity index (χ3v) is 3.52. The molecule has 1 amide bonds. The van der Waals surface area contributed by atoms with Crippen molar-refractivity contribution in [1.82, 2.24) is 5.32 Å². The molecule has 0 saturated carbocycles. The van der Waals surface area contributed by atoms with Crippen molar-refractivity contribution in [3.63, 3.8) is 0 Å². The van der Waals surface area contributed by atoms with Gasteiger partial charge in [-0.3, -0.25) is 9.59 Å². The number of esters is 1. The smallest absolute Gasteiger partial charge is 0.325 e. The van der Waals surface area contributed by atoms with Gasteiger partial charge in [0.2, 0.25) is 5.91 Å². The summed E-state index contributed by atoms with van der Waals surface area (Å²) >= 11 is 1.46. The van der Waals surface area contributed by atoms with E-state index in [0.717, 1.165) is 16.0 Å². The molecular weight excluding hydrogens is 250 g/mol. The summed E-state index contributed by atoms with van der Waals surface area (Å²) in [6.07, 6.45) is 0. The van der Waals surface area contributed by atoms with Gasteiger partial charge >= 0.3 is 5.97 Å². The first-order valence-corrected chi connectivity index (χ1v) is 6.55. The minimum Gasteiger partial charge on any atom is -0.468 e. The highest BCUT2D eigenvalue weighted by molar-refractivity contribution is 8.00. The lowest BCUT2D eigenvalue weighted by molar-refractivity contribution is -0.140. The highest BCUT2D eigenvalue weighted by Gasteiger charge is 2.07. The summed E-state index contributed by atoms with van der Waals surface area (Å²) in [6, 6.07) is 6.12. The number of methoxy groups -OCH3 is 1. The fourth-order valence-electron chi connectivity index (χ4n) is 1.30. The molecule has 5 heteroatoms. The summed E-state index contributed by atoms with van der Waals surface area (Å²) in [5, 5.41) is 2.50. The Labute approximate surface area is 111 Å². The molecule has 0 saturated heterocycles. The molecule has 4 nitrogen and oxygen atoms in total. The first-order valence-electron chi connectivity index (χ1n) is 5.56. The van der Waals surface area contributed by atoms with E-state index in [9.17, 15) is 9.59 Å². The van der Waals surface area contributed by atoms with E-state index in [2.05, 4.69) is 10.1 Å². The van der Waals surface area contributed by atoms with Gasteiger partial charge in [-0.25, -0.2) is 0 Å². The molecule has 1 aromatic rings. The van der Waals surface area contributed by atoms with Gasteiger partial charge in [-0.1, -0.05) is 17.7 Å². The van der Waals surface area contributed by atoms with Crippen LogP contribution in [-0.4, -0.2) is 31.3 Å². The fourth-order valence-corrected chi connectivity index (χ4v) is 2.25. The molecule has 0 atom stereocenters. The van der Waals surface area contributed by atoms with Gasteiger partial charge in [-0.2, -0.15) is 0 Å². The number of carbonyl (C=O) groups is 2. The topological polar surface area (TPSA) is 55.4 Å². The second-order valence-corrected chi connectivity index (χ2v) is 4.93. The van der Waals surface area contributed by atoms with Crippen LogP contribution in [0.15, 0.2) is 23.1 Å². The first kappa shape index (κ1) is 14.6. The van der Waals surface area contributed by atoms with Gasteiger partial charge in [0.05, 0.1) is 12.9 Å². The molecule has 0 aliphatic rings. The van der Waals surface area contributed by atoms with Crippen molar-refractivity contribution < 1.29 is 14.3 Å². The van der Waals surface area contributed by atoms with Crippen molar-refractivity contribution in [2.75, 3.05) is 19.4 Å². The monoisotopic (exact) mass is 267 g/mol. The van der Waals surface area contributed by atoms with Crippen LogP contribution in [0.3, 0.4) is 0 Å². The Morgan fingerprint density at radius 2 is 2.06 bits per heavy atom. The third kappa shape index (κ3) is 4.79. The molecule has 0 aromatic heterocycles. The summed E-state index contributed by atoms with van der Waals surface area (Å²) < 4.78 is 4.44. The highest BCUT2D eigenvalue weighted by atomic mass is 32.2. The fraction of sp³-hybridized carbons (Fsp3) is 0.385. The van der Waals surface area contributed by atoms with Gasteiger partial charge in [-0.15, -0.1) is 11.8 Å². The number of amides is 1. The standard InChI is InChI=1S/C13H17NO3S/c1-9-4-5-10(2)11(6-9)18-8-12(15)14-7-13(16)17-3/h4-6H,7-8H2,1-3H3,(H,14,15). The normalized spacial score (nSPS) is 9.94. The Bertz CT molecular complexity index is 446.